The number of halogens is 3. The number of oxime groups is 1. The van der Waals surface area contributed by atoms with Crippen LogP contribution in [0.25, 0.3) is 0 Å². The Labute approximate surface area is 67.7 Å². The summed E-state index contributed by atoms with van der Waals surface area (Å²) in [4.78, 5) is 0. The van der Waals surface area contributed by atoms with Gasteiger partial charge in [0.15, 0.2) is 5.71 Å². The standard InChI is InChI=1S/C7H8F3NO/c1-3-5(2)4-6(11-12)7(8,9)10/h3-4,12H,1H2,2H3. The average molecular weight is 179 g/mol. The smallest absolute Gasteiger partial charge is 0.410 e. The van der Waals surface area contributed by atoms with Gasteiger partial charge in [0.25, 0.3) is 0 Å². The fourth-order valence-electron chi connectivity index (χ4n) is 0.442. The summed E-state index contributed by atoms with van der Waals surface area (Å²) < 4.78 is 35.5. The molecule has 1 N–H and O–H groups in total. The molecule has 0 bridgehead atoms. The van der Waals surface area contributed by atoms with Gasteiger partial charge in [0.2, 0.25) is 0 Å². The highest BCUT2D eigenvalue weighted by atomic mass is 19.4. The van der Waals surface area contributed by atoms with Crippen LogP contribution in [-0.4, -0.2) is 17.1 Å². The summed E-state index contributed by atoms with van der Waals surface area (Å²) in [6.45, 7) is 4.68. The zero-order chi connectivity index (χ0) is 9.78. The molecule has 0 amide bonds. The van der Waals surface area contributed by atoms with E-state index in [0.717, 1.165) is 0 Å². The van der Waals surface area contributed by atoms with Gasteiger partial charge in [0.1, 0.15) is 0 Å². The largest absolute Gasteiger partial charge is 0.436 e. The summed E-state index contributed by atoms with van der Waals surface area (Å²) in [6.07, 6.45) is -2.69. The minimum absolute atomic E-state index is 0.278. The van der Waals surface area contributed by atoms with Crippen LogP contribution >= 0.6 is 0 Å². The highest BCUT2D eigenvalue weighted by Gasteiger charge is 2.34. The van der Waals surface area contributed by atoms with Crippen LogP contribution in [-0.2, 0) is 0 Å². The zero-order valence-corrected chi connectivity index (χ0v) is 6.39. The molecule has 0 saturated carbocycles. The number of allylic oxidation sites excluding steroid dienone is 3. The molecule has 0 heterocycles. The normalized spacial score (nSPS) is 14.7. The van der Waals surface area contributed by atoms with E-state index < -0.39 is 11.9 Å². The Hall–Kier alpha value is -1.26. The van der Waals surface area contributed by atoms with Crippen LogP contribution < -0.4 is 0 Å². The average Bonchev–Trinajstić information content (AvgIpc) is 1.97. The predicted octanol–water partition coefficient (Wildman–Crippen LogP) is 2.51. The topological polar surface area (TPSA) is 32.6 Å². The van der Waals surface area contributed by atoms with Crippen LogP contribution in [0.2, 0.25) is 0 Å². The quantitative estimate of drug-likeness (QED) is 0.300. The van der Waals surface area contributed by atoms with Crippen LogP contribution in [0.15, 0.2) is 29.5 Å². The maximum atomic E-state index is 11.8. The van der Waals surface area contributed by atoms with Crippen LogP contribution in [0.4, 0.5) is 13.2 Å². The van der Waals surface area contributed by atoms with Crippen LogP contribution in [0.3, 0.4) is 0 Å². The first-order valence-electron chi connectivity index (χ1n) is 3.01. The molecule has 0 aromatic carbocycles. The van der Waals surface area contributed by atoms with Crippen molar-refractivity contribution in [2.24, 2.45) is 5.16 Å². The number of hydrogen-bond donors (Lipinski definition) is 1. The molecule has 0 aliphatic carbocycles. The van der Waals surface area contributed by atoms with E-state index in [1.54, 1.807) is 0 Å². The summed E-state index contributed by atoms with van der Waals surface area (Å²) in [6, 6.07) is 0. The van der Waals surface area contributed by atoms with Crippen molar-refractivity contribution in [1.29, 1.82) is 0 Å². The molecule has 68 valence electrons. The Morgan fingerprint density at radius 1 is 1.50 bits per heavy atom. The van der Waals surface area contributed by atoms with Crippen molar-refractivity contribution in [2.45, 2.75) is 13.1 Å². The molecular formula is C7H8F3NO. The molecule has 0 rings (SSSR count). The second-order valence-electron chi connectivity index (χ2n) is 2.08. The van der Waals surface area contributed by atoms with E-state index in [4.69, 9.17) is 5.21 Å². The molecule has 0 radical (unpaired) electrons. The summed E-state index contributed by atoms with van der Waals surface area (Å²) in [5.74, 6) is 0. The maximum absolute atomic E-state index is 11.8. The van der Waals surface area contributed by atoms with Crippen LogP contribution in [0, 0.1) is 0 Å². The Morgan fingerprint density at radius 2 is 2.00 bits per heavy atom. The van der Waals surface area contributed by atoms with Crippen molar-refractivity contribution in [3.8, 4) is 0 Å². The van der Waals surface area contributed by atoms with E-state index in [9.17, 15) is 13.2 Å². The highest BCUT2D eigenvalue weighted by Crippen LogP contribution is 2.18. The summed E-state index contributed by atoms with van der Waals surface area (Å²) in [5, 5.41) is 10.1. The number of alkyl halides is 3. The second kappa shape index (κ2) is 3.94. The van der Waals surface area contributed by atoms with Crippen molar-refractivity contribution >= 4 is 5.71 Å². The Kier molecular flexibility index (Phi) is 3.53. The van der Waals surface area contributed by atoms with E-state index in [2.05, 4.69) is 11.7 Å². The van der Waals surface area contributed by atoms with Gasteiger partial charge in [-0.2, -0.15) is 13.2 Å². The van der Waals surface area contributed by atoms with Gasteiger partial charge in [-0.1, -0.05) is 17.8 Å². The van der Waals surface area contributed by atoms with E-state index in [1.165, 1.54) is 13.0 Å². The van der Waals surface area contributed by atoms with E-state index in [0.29, 0.717) is 6.08 Å². The lowest BCUT2D eigenvalue weighted by Gasteiger charge is -2.03. The highest BCUT2D eigenvalue weighted by molar-refractivity contribution is 5.99. The fraction of sp³-hybridized carbons (Fsp3) is 0.286. The lowest BCUT2D eigenvalue weighted by molar-refractivity contribution is -0.0597. The van der Waals surface area contributed by atoms with Crippen molar-refractivity contribution in [1.82, 2.24) is 0 Å². The third-order valence-electron chi connectivity index (χ3n) is 1.08. The van der Waals surface area contributed by atoms with Crippen molar-refractivity contribution < 1.29 is 18.4 Å². The Morgan fingerprint density at radius 3 is 2.25 bits per heavy atom. The molecule has 0 saturated heterocycles. The van der Waals surface area contributed by atoms with Gasteiger partial charge in [0.05, 0.1) is 0 Å². The van der Waals surface area contributed by atoms with Gasteiger partial charge in [-0.05, 0) is 18.6 Å². The molecule has 2 nitrogen and oxygen atoms in total. The predicted molar refractivity (Wildman–Crippen MR) is 39.2 cm³/mol. The van der Waals surface area contributed by atoms with Crippen molar-refractivity contribution in [3.63, 3.8) is 0 Å². The first-order chi connectivity index (χ1) is 5.41. The van der Waals surface area contributed by atoms with Gasteiger partial charge in [0, 0.05) is 0 Å². The molecule has 0 spiro atoms. The molecule has 0 aromatic heterocycles. The molecule has 0 atom stereocenters. The first kappa shape index (κ1) is 10.7. The Bertz CT molecular complexity index is 227. The van der Waals surface area contributed by atoms with Gasteiger partial charge in [-0.15, -0.1) is 0 Å². The summed E-state index contributed by atoms with van der Waals surface area (Å²) in [5.41, 5.74) is -1.06. The molecule has 0 aliphatic heterocycles. The van der Waals surface area contributed by atoms with Crippen molar-refractivity contribution in [2.75, 3.05) is 0 Å². The molecule has 12 heavy (non-hydrogen) atoms. The van der Waals surface area contributed by atoms with E-state index in [-0.39, 0.29) is 5.57 Å². The monoisotopic (exact) mass is 179 g/mol. The first-order valence-corrected chi connectivity index (χ1v) is 3.01. The zero-order valence-electron chi connectivity index (χ0n) is 6.39. The summed E-state index contributed by atoms with van der Waals surface area (Å²) >= 11 is 0. The molecule has 5 heteroatoms. The molecular weight excluding hydrogens is 171 g/mol. The maximum Gasteiger partial charge on any atom is 0.436 e. The van der Waals surface area contributed by atoms with Crippen molar-refractivity contribution in [3.05, 3.63) is 24.3 Å². The lowest BCUT2D eigenvalue weighted by atomic mass is 10.2. The second-order valence-corrected chi connectivity index (χ2v) is 2.08. The molecule has 0 aromatic rings. The van der Waals surface area contributed by atoms with Crippen LogP contribution in [0.5, 0.6) is 0 Å². The molecule has 0 unspecified atom stereocenters. The van der Waals surface area contributed by atoms with Crippen LogP contribution in [0.1, 0.15) is 6.92 Å². The Balaban J connectivity index is 4.74. The molecule has 0 aliphatic rings. The van der Waals surface area contributed by atoms with Gasteiger partial charge < -0.3 is 5.21 Å². The van der Waals surface area contributed by atoms with Gasteiger partial charge in [-0.25, -0.2) is 0 Å². The van der Waals surface area contributed by atoms with Gasteiger partial charge >= 0.3 is 6.18 Å². The van der Waals surface area contributed by atoms with Gasteiger partial charge in [-0.3, -0.25) is 0 Å². The van der Waals surface area contributed by atoms with E-state index >= 15 is 0 Å². The minimum Gasteiger partial charge on any atom is -0.410 e. The fourth-order valence-corrected chi connectivity index (χ4v) is 0.442. The van der Waals surface area contributed by atoms with E-state index in [1.807, 2.05) is 0 Å². The summed E-state index contributed by atoms with van der Waals surface area (Å²) in [7, 11) is 0. The number of rotatable bonds is 2. The number of nitrogens with zero attached hydrogens (tertiary/aromatic N) is 1. The number of hydrogen-bond acceptors (Lipinski definition) is 2. The third-order valence-corrected chi connectivity index (χ3v) is 1.08. The molecule has 0 fully saturated rings. The SMILES string of the molecule is C=CC(C)=CC(=NO)C(F)(F)F. The minimum atomic E-state index is -4.63. The third kappa shape index (κ3) is 3.23. The lowest BCUT2D eigenvalue weighted by Crippen LogP contribution is -2.20.